The number of rotatable bonds is 2. The van der Waals surface area contributed by atoms with Gasteiger partial charge in [-0.15, -0.1) is 0 Å². The molecule has 1 fully saturated rings. The number of carbonyl (C=O) groups excluding carboxylic acids is 1. The average molecular weight is 247 g/mol. The molecule has 1 aliphatic rings. The molecular formula is C14H21N3O. The van der Waals surface area contributed by atoms with E-state index in [1.807, 2.05) is 6.07 Å². The molecular weight excluding hydrogens is 226 g/mol. The first-order chi connectivity index (χ1) is 8.49. The predicted molar refractivity (Wildman–Crippen MR) is 74.5 cm³/mol. The van der Waals surface area contributed by atoms with E-state index < -0.39 is 5.91 Å². The van der Waals surface area contributed by atoms with Crippen LogP contribution < -0.4 is 16.4 Å². The van der Waals surface area contributed by atoms with Gasteiger partial charge in [0.2, 0.25) is 0 Å². The Bertz CT molecular complexity index is 458. The summed E-state index contributed by atoms with van der Waals surface area (Å²) in [4.78, 5) is 13.6. The van der Waals surface area contributed by atoms with Gasteiger partial charge in [-0.2, -0.15) is 0 Å². The molecule has 0 saturated carbocycles. The molecule has 2 rings (SSSR count). The molecule has 2 atom stereocenters. The fourth-order valence-electron chi connectivity index (χ4n) is 2.45. The lowest BCUT2D eigenvalue weighted by Crippen LogP contribution is -2.38. The summed E-state index contributed by atoms with van der Waals surface area (Å²) in [5.74, 6) is 0.951. The monoisotopic (exact) mass is 247 g/mol. The number of carbonyl (C=O) groups is 1. The number of piperidine rings is 1. The van der Waals surface area contributed by atoms with Gasteiger partial charge in [0, 0.05) is 24.5 Å². The van der Waals surface area contributed by atoms with Crippen molar-refractivity contribution in [2.75, 3.05) is 23.7 Å². The Morgan fingerprint density at radius 1 is 1.33 bits per heavy atom. The number of amides is 1. The minimum Gasteiger partial charge on any atom is -0.398 e. The number of nitrogens with two attached hydrogens (primary N) is 2. The van der Waals surface area contributed by atoms with Crippen LogP contribution in [0.2, 0.25) is 0 Å². The van der Waals surface area contributed by atoms with Crippen molar-refractivity contribution in [2.45, 2.75) is 20.3 Å². The molecule has 1 aromatic rings. The van der Waals surface area contributed by atoms with Crippen LogP contribution >= 0.6 is 0 Å². The van der Waals surface area contributed by atoms with Gasteiger partial charge in [0.1, 0.15) is 0 Å². The Labute approximate surface area is 108 Å². The fraction of sp³-hybridized carbons (Fsp3) is 0.500. The zero-order valence-electron chi connectivity index (χ0n) is 11.0. The van der Waals surface area contributed by atoms with Gasteiger partial charge in [-0.05, 0) is 36.5 Å². The Kier molecular flexibility index (Phi) is 3.45. The van der Waals surface area contributed by atoms with Crippen molar-refractivity contribution in [2.24, 2.45) is 17.6 Å². The van der Waals surface area contributed by atoms with Crippen molar-refractivity contribution in [1.29, 1.82) is 0 Å². The Balaban J connectivity index is 2.24. The van der Waals surface area contributed by atoms with Crippen molar-refractivity contribution in [3.63, 3.8) is 0 Å². The van der Waals surface area contributed by atoms with Gasteiger partial charge in [-0.3, -0.25) is 4.79 Å². The minimum absolute atomic E-state index is 0.416. The highest BCUT2D eigenvalue weighted by molar-refractivity contribution is 5.99. The highest BCUT2D eigenvalue weighted by atomic mass is 16.1. The van der Waals surface area contributed by atoms with Crippen LogP contribution in [0.5, 0.6) is 0 Å². The third kappa shape index (κ3) is 2.42. The Morgan fingerprint density at radius 3 is 2.67 bits per heavy atom. The number of nitrogens with zero attached hydrogens (tertiary/aromatic N) is 1. The molecule has 0 aliphatic carbocycles. The summed E-state index contributed by atoms with van der Waals surface area (Å²) < 4.78 is 0. The maximum atomic E-state index is 11.3. The van der Waals surface area contributed by atoms with Crippen molar-refractivity contribution in [3.8, 4) is 0 Å². The summed E-state index contributed by atoms with van der Waals surface area (Å²) in [6, 6.07) is 5.53. The molecule has 4 N–H and O–H groups in total. The van der Waals surface area contributed by atoms with Gasteiger partial charge < -0.3 is 16.4 Å². The molecule has 0 aromatic heterocycles. The second-order valence-corrected chi connectivity index (χ2v) is 5.33. The smallest absolute Gasteiger partial charge is 0.250 e. The largest absolute Gasteiger partial charge is 0.398 e. The molecule has 1 saturated heterocycles. The quantitative estimate of drug-likeness (QED) is 0.783. The molecule has 1 amide bonds. The van der Waals surface area contributed by atoms with E-state index in [9.17, 15) is 4.79 Å². The molecule has 18 heavy (non-hydrogen) atoms. The van der Waals surface area contributed by atoms with E-state index in [0.29, 0.717) is 17.2 Å². The Hall–Kier alpha value is -1.71. The number of nitrogen functional groups attached to an aromatic ring is 1. The second-order valence-electron chi connectivity index (χ2n) is 5.33. The third-order valence-corrected chi connectivity index (χ3v) is 4.00. The standard InChI is InChI=1S/C14H21N3O/c1-9-5-6-17(8-10(9)2)11-3-4-13(15)12(7-11)14(16)18/h3-4,7,9-10H,5-6,8,15H2,1-2H3,(H2,16,18). The number of anilines is 2. The number of hydrogen-bond donors (Lipinski definition) is 2. The lowest BCUT2D eigenvalue weighted by atomic mass is 9.88. The van der Waals surface area contributed by atoms with Crippen molar-refractivity contribution >= 4 is 17.3 Å². The van der Waals surface area contributed by atoms with Gasteiger partial charge in [-0.25, -0.2) is 0 Å². The van der Waals surface area contributed by atoms with Crippen LogP contribution in [0.4, 0.5) is 11.4 Å². The minimum atomic E-state index is -0.465. The first-order valence-corrected chi connectivity index (χ1v) is 6.43. The van der Waals surface area contributed by atoms with Crippen LogP contribution in [0, 0.1) is 11.8 Å². The fourth-order valence-corrected chi connectivity index (χ4v) is 2.45. The normalized spacial score (nSPS) is 24.0. The molecule has 0 bridgehead atoms. The first-order valence-electron chi connectivity index (χ1n) is 6.43. The van der Waals surface area contributed by atoms with Gasteiger partial charge >= 0.3 is 0 Å². The van der Waals surface area contributed by atoms with E-state index in [1.165, 1.54) is 6.42 Å². The molecule has 2 unspecified atom stereocenters. The summed E-state index contributed by atoms with van der Waals surface area (Å²) in [5.41, 5.74) is 13.0. The predicted octanol–water partition coefficient (Wildman–Crippen LogP) is 1.85. The van der Waals surface area contributed by atoms with Crippen LogP contribution in [0.3, 0.4) is 0 Å². The molecule has 1 heterocycles. The topological polar surface area (TPSA) is 72.3 Å². The van der Waals surface area contributed by atoms with Crippen LogP contribution in [0.1, 0.15) is 30.6 Å². The van der Waals surface area contributed by atoms with E-state index >= 15 is 0 Å². The van der Waals surface area contributed by atoms with Gasteiger partial charge in [0.15, 0.2) is 0 Å². The zero-order chi connectivity index (χ0) is 13.3. The van der Waals surface area contributed by atoms with E-state index in [-0.39, 0.29) is 0 Å². The summed E-state index contributed by atoms with van der Waals surface area (Å²) in [6.07, 6.45) is 1.18. The van der Waals surface area contributed by atoms with Crippen LogP contribution in [-0.4, -0.2) is 19.0 Å². The van der Waals surface area contributed by atoms with Crippen LogP contribution in [0.25, 0.3) is 0 Å². The van der Waals surface area contributed by atoms with E-state index in [2.05, 4.69) is 18.7 Å². The van der Waals surface area contributed by atoms with Crippen molar-refractivity contribution in [1.82, 2.24) is 0 Å². The lowest BCUT2D eigenvalue weighted by Gasteiger charge is -2.37. The summed E-state index contributed by atoms with van der Waals surface area (Å²) in [6.45, 7) is 6.60. The van der Waals surface area contributed by atoms with E-state index in [1.54, 1.807) is 12.1 Å². The molecule has 0 radical (unpaired) electrons. The van der Waals surface area contributed by atoms with Gasteiger partial charge in [-0.1, -0.05) is 13.8 Å². The number of primary amides is 1. The molecule has 98 valence electrons. The Morgan fingerprint density at radius 2 is 2.06 bits per heavy atom. The van der Waals surface area contributed by atoms with Crippen molar-refractivity contribution < 1.29 is 4.79 Å². The lowest BCUT2D eigenvalue weighted by molar-refractivity contribution is 0.100. The maximum absolute atomic E-state index is 11.3. The van der Waals surface area contributed by atoms with E-state index in [4.69, 9.17) is 11.5 Å². The SMILES string of the molecule is CC1CCN(c2ccc(N)c(C(N)=O)c2)CC1C. The number of benzene rings is 1. The highest BCUT2D eigenvalue weighted by Crippen LogP contribution is 2.28. The highest BCUT2D eigenvalue weighted by Gasteiger charge is 2.23. The third-order valence-electron chi connectivity index (χ3n) is 4.00. The zero-order valence-corrected chi connectivity index (χ0v) is 11.0. The van der Waals surface area contributed by atoms with Gasteiger partial charge in [0.05, 0.1) is 5.56 Å². The molecule has 1 aromatic carbocycles. The summed E-state index contributed by atoms with van der Waals surface area (Å²) >= 11 is 0. The van der Waals surface area contributed by atoms with Crippen LogP contribution in [-0.2, 0) is 0 Å². The van der Waals surface area contributed by atoms with E-state index in [0.717, 1.165) is 24.7 Å². The summed E-state index contributed by atoms with van der Waals surface area (Å²) in [5, 5.41) is 0. The molecule has 4 nitrogen and oxygen atoms in total. The van der Waals surface area contributed by atoms with Crippen LogP contribution in [0.15, 0.2) is 18.2 Å². The maximum Gasteiger partial charge on any atom is 0.250 e. The number of hydrogen-bond acceptors (Lipinski definition) is 3. The average Bonchev–Trinajstić information content (AvgIpc) is 2.33. The first kappa shape index (κ1) is 12.7. The molecule has 4 heteroatoms. The van der Waals surface area contributed by atoms with Crippen molar-refractivity contribution in [3.05, 3.63) is 23.8 Å². The van der Waals surface area contributed by atoms with Gasteiger partial charge in [0.25, 0.3) is 5.91 Å². The molecule has 0 spiro atoms. The second kappa shape index (κ2) is 4.88. The molecule has 1 aliphatic heterocycles. The summed E-state index contributed by atoms with van der Waals surface area (Å²) in [7, 11) is 0.